The van der Waals surface area contributed by atoms with Gasteiger partial charge in [0.2, 0.25) is 6.29 Å². The molecule has 1 saturated heterocycles. The van der Waals surface area contributed by atoms with Crippen LogP contribution in [0.4, 0.5) is 0 Å². The van der Waals surface area contributed by atoms with E-state index in [-0.39, 0.29) is 17.3 Å². The Balaban J connectivity index is 2.89. The molecule has 0 N–H and O–H groups in total. The Morgan fingerprint density at radius 2 is 2.53 bits per heavy atom. The smallest absolute Gasteiger partial charge is 0.304 e. The maximum absolute atomic E-state index is 11.0. The summed E-state index contributed by atoms with van der Waals surface area (Å²) in [5, 5.41) is -0.117. The van der Waals surface area contributed by atoms with Gasteiger partial charge in [0.25, 0.3) is 0 Å². The highest BCUT2D eigenvalue weighted by atomic mass is 127. The van der Waals surface area contributed by atoms with Crippen LogP contribution in [0.2, 0.25) is 0 Å². The summed E-state index contributed by atoms with van der Waals surface area (Å²) in [6.45, 7) is 3.39. The molecule has 1 aliphatic heterocycles. The van der Waals surface area contributed by atoms with Gasteiger partial charge in [-0.3, -0.25) is 4.79 Å². The molecule has 1 heterocycles. The van der Waals surface area contributed by atoms with Gasteiger partial charge in [0.05, 0.1) is 12.5 Å². The molecule has 0 saturated carbocycles. The first-order chi connectivity index (χ1) is 7.10. The third-order valence-corrected chi connectivity index (χ3v) is 7.52. The van der Waals surface area contributed by atoms with Crippen molar-refractivity contribution in [3.05, 3.63) is 0 Å². The zero-order valence-electron chi connectivity index (χ0n) is 9.73. The summed E-state index contributed by atoms with van der Waals surface area (Å²) >= 11 is 2.08. The molecule has 0 aliphatic carbocycles. The standard InChI is InChI=1S/C8H17IO3P2S/c1-3-6-4-7(15(9,13)14)8(12-6)11-5(2)10/h6-8,13,15H,3-4,14H2,1-2H3/t6-,7+,8+/m1/s1/i15T. The molecule has 0 radical (unpaired) electrons. The summed E-state index contributed by atoms with van der Waals surface area (Å²) in [7, 11) is 6.05. The average Bonchev–Trinajstić information content (AvgIpc) is 2.44. The van der Waals surface area contributed by atoms with Gasteiger partial charge < -0.3 is 9.47 Å². The lowest BCUT2D eigenvalue weighted by Gasteiger charge is -2.26. The molecule has 90 valence electrons. The Morgan fingerprint density at radius 3 is 2.93 bits per heavy atom. The molecule has 1 rings (SSSR count). The molecule has 0 aromatic heterocycles. The van der Waals surface area contributed by atoms with Crippen molar-refractivity contribution in [2.24, 2.45) is 0 Å². The van der Waals surface area contributed by atoms with Crippen LogP contribution in [0.5, 0.6) is 0 Å². The van der Waals surface area contributed by atoms with Crippen molar-refractivity contribution < 1.29 is 14.3 Å². The maximum Gasteiger partial charge on any atom is 0.304 e. The van der Waals surface area contributed by atoms with Gasteiger partial charge in [-0.15, -0.1) is 0 Å². The zero-order valence-corrected chi connectivity index (χ0v) is 13.9. The minimum Gasteiger partial charge on any atom is -0.435 e. The summed E-state index contributed by atoms with van der Waals surface area (Å²) in [5.74, 6) is -2.95. The first kappa shape index (κ1) is 12.7. The number of halogens is 1. The predicted octanol–water partition coefficient (Wildman–Crippen LogP) is 2.53. The Bertz CT molecular complexity index is 348. The third kappa shape index (κ3) is 4.19. The number of thiol groups is 1. The molecule has 0 aromatic carbocycles. The Labute approximate surface area is 109 Å². The summed E-state index contributed by atoms with van der Waals surface area (Å²) < 4.78 is 19.1. The minimum absolute atomic E-state index is 0.0712. The van der Waals surface area contributed by atoms with E-state index in [1.807, 2.05) is 6.92 Å². The van der Waals surface area contributed by atoms with Crippen molar-refractivity contribution >= 4 is 49.5 Å². The highest BCUT2D eigenvalue weighted by Gasteiger charge is 2.39. The van der Waals surface area contributed by atoms with Gasteiger partial charge in [0.1, 0.15) is 0 Å². The molecule has 1 aliphatic rings. The molecule has 0 aromatic rings. The molecule has 3 nitrogen and oxygen atoms in total. The van der Waals surface area contributed by atoms with Gasteiger partial charge in [0, 0.05) is 6.92 Å². The molecule has 0 spiro atoms. The van der Waals surface area contributed by atoms with Crippen LogP contribution in [0.3, 0.4) is 0 Å². The SMILES string of the molecule is [3H]S(=P)(P)(I)[C@H]1C[C@@H](CC)O[C@@H]1OC(C)=O. The van der Waals surface area contributed by atoms with E-state index in [2.05, 4.69) is 37.7 Å². The van der Waals surface area contributed by atoms with Crippen molar-refractivity contribution in [1.29, 1.82) is 1.12 Å². The van der Waals surface area contributed by atoms with Gasteiger partial charge in [-0.25, -0.2) is 0 Å². The molecule has 1 fully saturated rings. The third-order valence-electron chi connectivity index (χ3n) is 2.30. The van der Waals surface area contributed by atoms with Gasteiger partial charge in [0.15, 0.2) is 0 Å². The lowest BCUT2D eigenvalue weighted by Crippen LogP contribution is -2.30. The zero-order chi connectivity index (χ0) is 12.6. The minimum atomic E-state index is -2.59. The van der Waals surface area contributed by atoms with E-state index in [4.69, 9.17) is 10.6 Å². The van der Waals surface area contributed by atoms with Gasteiger partial charge >= 0.3 is 5.97 Å². The second-order valence-electron chi connectivity index (χ2n) is 3.55. The van der Waals surface area contributed by atoms with Gasteiger partial charge in [-0.2, -0.15) is 5.90 Å². The highest BCUT2D eigenvalue weighted by molar-refractivity contribution is 14.2. The molecule has 0 bridgehead atoms. The Hall–Kier alpha value is 1.24. The largest absolute Gasteiger partial charge is 0.435 e. The fourth-order valence-corrected chi connectivity index (χ4v) is 5.16. The molecular formula is C8H17IO3P2S. The van der Waals surface area contributed by atoms with E-state index in [1.54, 1.807) is 0 Å². The quantitative estimate of drug-likeness (QED) is 0.352. The number of esters is 1. The summed E-state index contributed by atoms with van der Waals surface area (Å²) in [5.41, 5.74) is 0. The van der Waals surface area contributed by atoms with E-state index in [0.717, 1.165) is 12.8 Å². The summed E-state index contributed by atoms with van der Waals surface area (Å²) in [6.07, 6.45) is 1.08. The second kappa shape index (κ2) is 5.72. The fraction of sp³-hybridized carbons (Fsp3) is 0.875. The number of carbonyl (C=O) groups is 1. The molecule has 4 atom stereocenters. The van der Waals surface area contributed by atoms with Crippen molar-refractivity contribution in [3.63, 3.8) is 0 Å². The topological polar surface area (TPSA) is 35.5 Å². The van der Waals surface area contributed by atoms with Crippen molar-refractivity contribution in [3.8, 4) is 0 Å². The van der Waals surface area contributed by atoms with Crippen LogP contribution >= 0.6 is 37.7 Å². The summed E-state index contributed by atoms with van der Waals surface area (Å²) in [4.78, 5) is 11.0. The number of ether oxygens (including phenoxy) is 2. The average molecular weight is 384 g/mol. The van der Waals surface area contributed by atoms with E-state index in [0.29, 0.717) is 0 Å². The maximum atomic E-state index is 11.0. The van der Waals surface area contributed by atoms with E-state index in [9.17, 15) is 4.79 Å². The van der Waals surface area contributed by atoms with E-state index >= 15 is 0 Å². The number of hydrogen-bond acceptors (Lipinski definition) is 3. The van der Waals surface area contributed by atoms with E-state index in [1.165, 1.54) is 6.92 Å². The van der Waals surface area contributed by atoms with Crippen LogP contribution in [-0.4, -0.2) is 24.7 Å². The molecule has 7 heteroatoms. The van der Waals surface area contributed by atoms with Crippen molar-refractivity contribution in [1.82, 2.24) is 0 Å². The normalized spacial score (nSPS) is 35.3. The Kier molecular flexibility index (Phi) is 4.84. The molecule has 15 heavy (non-hydrogen) atoms. The van der Waals surface area contributed by atoms with Crippen LogP contribution in [0.1, 0.15) is 26.7 Å². The molecule has 0 amide bonds. The summed E-state index contributed by atoms with van der Waals surface area (Å²) in [6, 6.07) is 0. The monoisotopic (exact) mass is 384 g/mol. The first-order valence-electron chi connectivity index (χ1n) is 5.12. The van der Waals surface area contributed by atoms with Gasteiger partial charge in [-0.05, 0) is 34.0 Å². The molecular weight excluding hydrogens is 365 g/mol. The number of hydrogen-bond donors (Lipinski definition) is 1. The Morgan fingerprint density at radius 1 is 1.93 bits per heavy atom. The van der Waals surface area contributed by atoms with Crippen LogP contribution in [0, 0.1) is 0 Å². The number of carbonyl (C=O) groups excluding carboxylic acids is 1. The van der Waals surface area contributed by atoms with Crippen LogP contribution in [-0.2, 0) is 20.2 Å². The van der Waals surface area contributed by atoms with Crippen LogP contribution in [0.15, 0.2) is 0 Å². The second-order valence-corrected chi connectivity index (χ2v) is 20.8. The van der Waals surface area contributed by atoms with Crippen LogP contribution < -0.4 is 0 Å². The fourth-order valence-electron chi connectivity index (χ4n) is 1.53. The lowest BCUT2D eigenvalue weighted by atomic mass is 10.2. The predicted molar refractivity (Wildman–Crippen MR) is 79.9 cm³/mol. The van der Waals surface area contributed by atoms with E-state index < -0.39 is 12.2 Å². The molecule has 1 unspecified atom stereocenters. The lowest BCUT2D eigenvalue weighted by molar-refractivity contribution is -0.172. The van der Waals surface area contributed by atoms with Gasteiger partial charge in [-0.1, -0.05) is 23.4 Å². The number of rotatable bonds is 3. The highest BCUT2D eigenvalue weighted by Crippen LogP contribution is 2.43. The van der Waals surface area contributed by atoms with Crippen molar-refractivity contribution in [2.45, 2.75) is 44.3 Å². The van der Waals surface area contributed by atoms with Crippen LogP contribution in [0.25, 0.3) is 0 Å². The van der Waals surface area contributed by atoms with Crippen molar-refractivity contribution in [2.75, 3.05) is 0 Å². The first-order valence-corrected chi connectivity index (χ1v) is 11.7.